The van der Waals surface area contributed by atoms with E-state index >= 15 is 0 Å². The van der Waals surface area contributed by atoms with Crippen molar-refractivity contribution in [1.29, 1.82) is 0 Å². The lowest BCUT2D eigenvalue weighted by Crippen LogP contribution is -1.98. The minimum Gasteiger partial charge on any atom is -0.493 e. The van der Waals surface area contributed by atoms with Crippen LogP contribution in [-0.2, 0) is 19.1 Å². The Morgan fingerprint density at radius 2 is 1.61 bits per heavy atom. The quantitative estimate of drug-likeness (QED) is 0.592. The van der Waals surface area contributed by atoms with E-state index in [4.69, 9.17) is 14.2 Å². The molecule has 0 aliphatic heterocycles. The smallest absolute Gasteiger partial charge is 0.330 e. The first kappa shape index (κ1) is 20.5. The third-order valence-corrected chi connectivity index (χ3v) is 2.45. The number of methoxy groups -OCH3 is 2. The fourth-order valence-electron chi connectivity index (χ4n) is 1.51. The third kappa shape index (κ3) is 9.18. The lowest BCUT2D eigenvalue weighted by molar-refractivity contribution is -0.140. The van der Waals surface area contributed by atoms with Crippen LogP contribution >= 0.6 is 0 Å². The number of ether oxygens (including phenoxy) is 4. The molecule has 6 heteroatoms. The zero-order valence-electron chi connectivity index (χ0n) is 14.3. The summed E-state index contributed by atoms with van der Waals surface area (Å²) >= 11 is 0. The van der Waals surface area contributed by atoms with Gasteiger partial charge in [-0.2, -0.15) is 0 Å². The largest absolute Gasteiger partial charge is 0.493 e. The molecular weight excluding hydrogens is 300 g/mol. The van der Waals surface area contributed by atoms with Crippen molar-refractivity contribution in [3.8, 4) is 11.5 Å². The van der Waals surface area contributed by atoms with Crippen molar-refractivity contribution in [3.63, 3.8) is 0 Å². The Labute approximate surface area is 137 Å². The minimum absolute atomic E-state index is 0.211. The molecule has 0 radical (unpaired) electrons. The highest BCUT2D eigenvalue weighted by molar-refractivity contribution is 5.87. The van der Waals surface area contributed by atoms with Gasteiger partial charge in [0.05, 0.1) is 27.4 Å². The summed E-state index contributed by atoms with van der Waals surface area (Å²) in [5, 5.41) is 0. The molecule has 23 heavy (non-hydrogen) atoms. The maximum Gasteiger partial charge on any atom is 0.330 e. The fraction of sp³-hybridized carbons (Fsp3) is 0.412. The number of rotatable bonds is 6. The number of esters is 2. The van der Waals surface area contributed by atoms with Crippen molar-refractivity contribution in [2.24, 2.45) is 0 Å². The van der Waals surface area contributed by atoms with Crippen LogP contribution in [0, 0.1) is 0 Å². The molecule has 0 heterocycles. The molecule has 1 aromatic carbocycles. The van der Waals surface area contributed by atoms with Gasteiger partial charge in [-0.15, -0.1) is 0 Å². The van der Waals surface area contributed by atoms with Crippen molar-refractivity contribution < 1.29 is 28.5 Å². The summed E-state index contributed by atoms with van der Waals surface area (Å²) in [4.78, 5) is 21.0. The van der Waals surface area contributed by atoms with Gasteiger partial charge in [-0.1, -0.05) is 6.07 Å². The molecule has 0 spiro atoms. The molecule has 0 bridgehead atoms. The van der Waals surface area contributed by atoms with Gasteiger partial charge in [0, 0.05) is 13.0 Å². The molecular formula is C17H24O6. The van der Waals surface area contributed by atoms with Gasteiger partial charge < -0.3 is 18.9 Å². The molecule has 128 valence electrons. The van der Waals surface area contributed by atoms with Crippen LogP contribution in [0.3, 0.4) is 0 Å². The lowest BCUT2D eigenvalue weighted by atomic mass is 10.2. The normalized spacial score (nSPS) is 9.61. The van der Waals surface area contributed by atoms with Gasteiger partial charge in [0.2, 0.25) is 0 Å². The molecule has 0 atom stereocenters. The van der Waals surface area contributed by atoms with E-state index in [2.05, 4.69) is 4.74 Å². The summed E-state index contributed by atoms with van der Waals surface area (Å²) in [6.45, 7) is 5.79. The third-order valence-electron chi connectivity index (χ3n) is 2.45. The Morgan fingerprint density at radius 1 is 1.00 bits per heavy atom. The number of carbonyl (C=O) groups is 2. The first-order valence-corrected chi connectivity index (χ1v) is 7.18. The number of carbonyl (C=O) groups excluding carboxylic acids is 2. The summed E-state index contributed by atoms with van der Waals surface area (Å²) in [7, 11) is 3.14. The zero-order chi connectivity index (χ0) is 17.7. The highest BCUT2D eigenvalue weighted by atomic mass is 16.5. The van der Waals surface area contributed by atoms with Crippen LogP contribution in [0.4, 0.5) is 0 Å². The second-order valence-electron chi connectivity index (χ2n) is 4.12. The first-order chi connectivity index (χ1) is 11.0. The van der Waals surface area contributed by atoms with E-state index in [-0.39, 0.29) is 11.9 Å². The van der Waals surface area contributed by atoms with Crippen molar-refractivity contribution in [2.75, 3.05) is 27.4 Å². The highest BCUT2D eigenvalue weighted by Crippen LogP contribution is 2.27. The minimum atomic E-state index is -0.359. The van der Waals surface area contributed by atoms with E-state index in [1.807, 2.05) is 6.07 Å². The average Bonchev–Trinajstić information content (AvgIpc) is 2.53. The molecule has 0 N–H and O–H groups in total. The Kier molecular flexibility index (Phi) is 10.8. The van der Waals surface area contributed by atoms with Crippen LogP contribution in [0.1, 0.15) is 26.3 Å². The number of hydrogen-bond donors (Lipinski definition) is 0. The molecule has 0 saturated heterocycles. The van der Waals surface area contributed by atoms with Crippen molar-refractivity contribution in [3.05, 3.63) is 29.8 Å². The first-order valence-electron chi connectivity index (χ1n) is 7.18. The van der Waals surface area contributed by atoms with E-state index in [1.54, 1.807) is 46.3 Å². The van der Waals surface area contributed by atoms with Crippen molar-refractivity contribution in [2.45, 2.75) is 20.8 Å². The molecule has 0 unspecified atom stereocenters. The molecule has 0 aliphatic rings. The summed E-state index contributed by atoms with van der Waals surface area (Å²) in [6.07, 6.45) is 3.05. The van der Waals surface area contributed by atoms with Gasteiger partial charge in [0.15, 0.2) is 11.5 Å². The van der Waals surface area contributed by atoms with Crippen molar-refractivity contribution >= 4 is 18.0 Å². The summed E-state index contributed by atoms with van der Waals surface area (Å²) in [5.41, 5.74) is 0.843. The highest BCUT2D eigenvalue weighted by Gasteiger charge is 2.03. The Morgan fingerprint density at radius 3 is 2.04 bits per heavy atom. The molecule has 0 aromatic heterocycles. The molecule has 6 nitrogen and oxygen atoms in total. The standard InChI is InChI=1S/C13H16O4.C4H8O2/c1-4-17-13(14)8-6-10-5-7-11(15-2)12(9-10)16-3;1-3-6-4(2)5/h5-9H,4H2,1-3H3;3H2,1-2H3/b8-6+;. The predicted octanol–water partition coefficient (Wildman–Crippen LogP) is 2.85. The summed E-state index contributed by atoms with van der Waals surface area (Å²) < 4.78 is 19.5. The topological polar surface area (TPSA) is 71.1 Å². The lowest BCUT2D eigenvalue weighted by Gasteiger charge is -2.07. The van der Waals surface area contributed by atoms with Gasteiger partial charge >= 0.3 is 11.9 Å². The second-order valence-corrected chi connectivity index (χ2v) is 4.12. The molecule has 1 aromatic rings. The van der Waals surface area contributed by atoms with E-state index < -0.39 is 0 Å². The van der Waals surface area contributed by atoms with Crippen LogP contribution in [-0.4, -0.2) is 39.4 Å². The molecule has 0 fully saturated rings. The van der Waals surface area contributed by atoms with E-state index in [9.17, 15) is 9.59 Å². The van der Waals surface area contributed by atoms with Crippen LogP contribution < -0.4 is 9.47 Å². The Hall–Kier alpha value is -2.50. The van der Waals surface area contributed by atoms with E-state index in [0.29, 0.717) is 24.7 Å². The van der Waals surface area contributed by atoms with E-state index in [1.165, 1.54) is 13.0 Å². The zero-order valence-corrected chi connectivity index (χ0v) is 14.3. The van der Waals surface area contributed by atoms with Crippen molar-refractivity contribution in [1.82, 2.24) is 0 Å². The fourth-order valence-corrected chi connectivity index (χ4v) is 1.51. The maximum absolute atomic E-state index is 11.1. The number of benzene rings is 1. The second kappa shape index (κ2) is 12.1. The summed E-state index contributed by atoms with van der Waals surface area (Å²) in [6, 6.07) is 5.40. The molecule has 0 saturated carbocycles. The SMILES string of the molecule is CCOC(=O)/C=C/c1ccc(OC)c(OC)c1.CCOC(C)=O. The van der Waals surface area contributed by atoms with Gasteiger partial charge in [-0.25, -0.2) is 4.79 Å². The number of hydrogen-bond acceptors (Lipinski definition) is 6. The van der Waals surface area contributed by atoms with Crippen LogP contribution in [0.2, 0.25) is 0 Å². The Bertz CT molecular complexity index is 522. The molecule has 0 aliphatic carbocycles. The average molecular weight is 324 g/mol. The Balaban J connectivity index is 0.000000688. The molecule has 1 rings (SSSR count). The maximum atomic E-state index is 11.1. The van der Waals surface area contributed by atoms with E-state index in [0.717, 1.165) is 5.56 Å². The van der Waals surface area contributed by atoms with Crippen LogP contribution in [0.15, 0.2) is 24.3 Å². The predicted molar refractivity (Wildman–Crippen MR) is 87.5 cm³/mol. The van der Waals surface area contributed by atoms with Gasteiger partial charge in [0.25, 0.3) is 0 Å². The van der Waals surface area contributed by atoms with Gasteiger partial charge in [-0.05, 0) is 37.6 Å². The van der Waals surface area contributed by atoms with Crippen LogP contribution in [0.25, 0.3) is 6.08 Å². The summed E-state index contributed by atoms with van der Waals surface area (Å²) in [5.74, 6) is 0.707. The van der Waals surface area contributed by atoms with Gasteiger partial charge in [-0.3, -0.25) is 4.79 Å². The van der Waals surface area contributed by atoms with Gasteiger partial charge in [0.1, 0.15) is 0 Å². The monoisotopic (exact) mass is 324 g/mol. The van der Waals surface area contributed by atoms with Crippen LogP contribution in [0.5, 0.6) is 11.5 Å². The molecule has 0 amide bonds.